The number of rotatable bonds is 5. The van der Waals surface area contributed by atoms with Crippen molar-refractivity contribution in [2.24, 2.45) is 5.73 Å². The number of aromatic nitrogens is 1. The minimum Gasteiger partial charge on any atom is -0.383 e. The molecule has 1 unspecified atom stereocenters. The Morgan fingerprint density at radius 1 is 1.73 bits per heavy atom. The molecule has 0 radical (unpaired) electrons. The summed E-state index contributed by atoms with van der Waals surface area (Å²) in [4.78, 5) is 14.0. The smallest absolute Gasteiger partial charge is 0.272 e. The number of pyridine rings is 1. The van der Waals surface area contributed by atoms with E-state index in [0.717, 1.165) is 0 Å². The maximum atomic E-state index is 10.5. The molecule has 0 spiro atoms. The van der Waals surface area contributed by atoms with Gasteiger partial charge in [-0.3, -0.25) is 15.1 Å². The average molecular weight is 211 g/mol. The standard InChI is InChI=1S/C9H13N3O3/c1-15-6-7(10)4-8-5-9(12(13)14)2-3-11-8/h2-3,5,7H,4,6,10H2,1H3. The summed E-state index contributed by atoms with van der Waals surface area (Å²) < 4.78 is 4.87. The maximum Gasteiger partial charge on any atom is 0.272 e. The fraction of sp³-hybridized carbons (Fsp3) is 0.444. The van der Waals surface area contributed by atoms with Gasteiger partial charge in [0.25, 0.3) is 5.69 Å². The second kappa shape index (κ2) is 5.38. The van der Waals surface area contributed by atoms with Gasteiger partial charge in [-0.2, -0.15) is 0 Å². The van der Waals surface area contributed by atoms with Gasteiger partial charge in [0.15, 0.2) is 0 Å². The lowest BCUT2D eigenvalue weighted by molar-refractivity contribution is -0.385. The summed E-state index contributed by atoms with van der Waals surface area (Å²) in [6.07, 6.45) is 1.88. The second-order valence-corrected chi connectivity index (χ2v) is 3.18. The molecule has 1 aromatic heterocycles. The Hall–Kier alpha value is -1.53. The number of methoxy groups -OCH3 is 1. The number of ether oxygens (including phenoxy) is 1. The topological polar surface area (TPSA) is 91.3 Å². The van der Waals surface area contributed by atoms with Crippen molar-refractivity contribution in [1.82, 2.24) is 4.98 Å². The highest BCUT2D eigenvalue weighted by Gasteiger charge is 2.09. The van der Waals surface area contributed by atoms with Crippen molar-refractivity contribution in [3.8, 4) is 0 Å². The van der Waals surface area contributed by atoms with Crippen molar-refractivity contribution in [1.29, 1.82) is 0 Å². The SMILES string of the molecule is COCC(N)Cc1cc([N+](=O)[O-])ccn1. The van der Waals surface area contributed by atoms with Gasteiger partial charge in [-0.25, -0.2) is 0 Å². The zero-order chi connectivity index (χ0) is 11.3. The van der Waals surface area contributed by atoms with Gasteiger partial charge >= 0.3 is 0 Å². The highest BCUT2D eigenvalue weighted by Crippen LogP contribution is 2.11. The summed E-state index contributed by atoms with van der Waals surface area (Å²) in [6.45, 7) is 0.407. The monoisotopic (exact) mass is 211 g/mol. The lowest BCUT2D eigenvalue weighted by Gasteiger charge is -2.08. The molecular weight excluding hydrogens is 198 g/mol. The van der Waals surface area contributed by atoms with Gasteiger partial charge in [-0.1, -0.05) is 0 Å². The summed E-state index contributed by atoms with van der Waals surface area (Å²) in [6, 6.07) is 2.59. The summed E-state index contributed by atoms with van der Waals surface area (Å²) in [5.41, 5.74) is 6.34. The predicted molar refractivity (Wildman–Crippen MR) is 54.4 cm³/mol. The molecule has 0 bridgehead atoms. The van der Waals surface area contributed by atoms with Crippen LogP contribution < -0.4 is 5.73 Å². The van der Waals surface area contributed by atoms with Crippen LogP contribution in [-0.4, -0.2) is 29.7 Å². The molecule has 0 aromatic carbocycles. The van der Waals surface area contributed by atoms with Gasteiger partial charge in [0.05, 0.1) is 11.5 Å². The molecule has 0 aliphatic rings. The number of hydrogen-bond acceptors (Lipinski definition) is 5. The molecule has 0 saturated heterocycles. The highest BCUT2D eigenvalue weighted by molar-refractivity contribution is 5.29. The molecule has 15 heavy (non-hydrogen) atoms. The molecule has 2 N–H and O–H groups in total. The van der Waals surface area contributed by atoms with E-state index in [0.29, 0.717) is 18.7 Å². The van der Waals surface area contributed by atoms with Crippen molar-refractivity contribution in [3.63, 3.8) is 0 Å². The largest absolute Gasteiger partial charge is 0.383 e. The van der Waals surface area contributed by atoms with E-state index in [9.17, 15) is 10.1 Å². The molecule has 1 rings (SSSR count). The van der Waals surface area contributed by atoms with Crippen molar-refractivity contribution in [2.75, 3.05) is 13.7 Å². The summed E-state index contributed by atoms with van der Waals surface area (Å²) in [5, 5.41) is 10.5. The molecule has 0 amide bonds. The molecule has 0 aliphatic carbocycles. The zero-order valence-electron chi connectivity index (χ0n) is 8.42. The van der Waals surface area contributed by atoms with Crippen LogP contribution in [0.1, 0.15) is 5.69 Å². The van der Waals surface area contributed by atoms with Crippen LogP contribution in [0.5, 0.6) is 0 Å². The van der Waals surface area contributed by atoms with Crippen molar-refractivity contribution in [3.05, 3.63) is 34.1 Å². The molecule has 6 nitrogen and oxygen atoms in total. The molecule has 0 aliphatic heterocycles. The van der Waals surface area contributed by atoms with E-state index in [2.05, 4.69) is 4.98 Å². The van der Waals surface area contributed by atoms with Crippen molar-refractivity contribution >= 4 is 5.69 Å². The van der Waals surface area contributed by atoms with Crippen LogP contribution >= 0.6 is 0 Å². The van der Waals surface area contributed by atoms with Crippen molar-refractivity contribution < 1.29 is 9.66 Å². The first kappa shape index (κ1) is 11.5. The van der Waals surface area contributed by atoms with E-state index in [1.165, 1.54) is 18.3 Å². The Kier molecular flexibility index (Phi) is 4.14. The van der Waals surface area contributed by atoms with Gasteiger partial charge in [0.1, 0.15) is 0 Å². The molecular formula is C9H13N3O3. The van der Waals surface area contributed by atoms with Crippen molar-refractivity contribution in [2.45, 2.75) is 12.5 Å². The Balaban J connectivity index is 2.69. The molecule has 1 atom stereocenters. The Labute approximate surface area is 87.2 Å². The third kappa shape index (κ3) is 3.61. The van der Waals surface area contributed by atoms with E-state index >= 15 is 0 Å². The Morgan fingerprint density at radius 3 is 3.07 bits per heavy atom. The van der Waals surface area contributed by atoms with E-state index < -0.39 is 4.92 Å². The number of nitrogens with two attached hydrogens (primary N) is 1. The van der Waals surface area contributed by atoms with Crippen LogP contribution in [0.2, 0.25) is 0 Å². The second-order valence-electron chi connectivity index (χ2n) is 3.18. The van der Waals surface area contributed by atoms with Crippen LogP contribution in [0, 0.1) is 10.1 Å². The fourth-order valence-corrected chi connectivity index (χ4v) is 1.23. The van der Waals surface area contributed by atoms with Gasteiger partial charge in [-0.05, 0) is 0 Å². The fourth-order valence-electron chi connectivity index (χ4n) is 1.23. The van der Waals surface area contributed by atoms with Crippen LogP contribution in [-0.2, 0) is 11.2 Å². The van der Waals surface area contributed by atoms with E-state index in [4.69, 9.17) is 10.5 Å². The normalized spacial score (nSPS) is 12.4. The average Bonchev–Trinajstić information content (AvgIpc) is 2.18. The first-order valence-corrected chi connectivity index (χ1v) is 4.47. The quantitative estimate of drug-likeness (QED) is 0.565. The number of nitro groups is 1. The summed E-state index contributed by atoms with van der Waals surface area (Å²) >= 11 is 0. The lowest BCUT2D eigenvalue weighted by Crippen LogP contribution is -2.28. The molecule has 6 heteroatoms. The van der Waals surface area contributed by atoms with E-state index in [-0.39, 0.29) is 11.7 Å². The molecule has 0 saturated carbocycles. The summed E-state index contributed by atoms with van der Waals surface area (Å²) in [7, 11) is 1.56. The van der Waals surface area contributed by atoms with Crippen LogP contribution in [0.25, 0.3) is 0 Å². The Morgan fingerprint density at radius 2 is 2.47 bits per heavy atom. The molecule has 82 valence electrons. The van der Waals surface area contributed by atoms with E-state index in [1.807, 2.05) is 0 Å². The zero-order valence-corrected chi connectivity index (χ0v) is 8.42. The first-order chi connectivity index (χ1) is 7.13. The van der Waals surface area contributed by atoms with Gasteiger partial charge < -0.3 is 10.5 Å². The predicted octanol–water partition coefficient (Wildman–Crippen LogP) is 0.506. The number of nitrogens with zero attached hydrogens (tertiary/aromatic N) is 2. The van der Waals surface area contributed by atoms with Gasteiger partial charge in [-0.15, -0.1) is 0 Å². The molecule has 1 aromatic rings. The highest BCUT2D eigenvalue weighted by atomic mass is 16.6. The van der Waals surface area contributed by atoms with Crippen LogP contribution in [0.3, 0.4) is 0 Å². The van der Waals surface area contributed by atoms with E-state index in [1.54, 1.807) is 7.11 Å². The van der Waals surface area contributed by atoms with Crippen LogP contribution in [0.4, 0.5) is 5.69 Å². The lowest BCUT2D eigenvalue weighted by atomic mass is 10.1. The Bertz CT molecular complexity index is 343. The first-order valence-electron chi connectivity index (χ1n) is 4.47. The van der Waals surface area contributed by atoms with Gasteiger partial charge in [0.2, 0.25) is 0 Å². The number of hydrogen-bond donors (Lipinski definition) is 1. The molecule has 1 heterocycles. The summed E-state index contributed by atoms with van der Waals surface area (Å²) in [5.74, 6) is 0. The molecule has 0 fully saturated rings. The minimum absolute atomic E-state index is 0.0321. The third-order valence-electron chi connectivity index (χ3n) is 1.86. The van der Waals surface area contributed by atoms with Gasteiger partial charge in [0, 0.05) is 43.6 Å². The van der Waals surface area contributed by atoms with Crippen LogP contribution in [0.15, 0.2) is 18.3 Å². The third-order valence-corrected chi connectivity index (χ3v) is 1.86. The minimum atomic E-state index is -0.451. The maximum absolute atomic E-state index is 10.5.